The number of hydrogen-bond donors (Lipinski definition) is 2. The predicted molar refractivity (Wildman–Crippen MR) is 81.2 cm³/mol. The van der Waals surface area contributed by atoms with E-state index in [0.717, 1.165) is 22.1 Å². The summed E-state index contributed by atoms with van der Waals surface area (Å²) in [5.41, 5.74) is 6.89. The zero-order valence-electron chi connectivity index (χ0n) is 10.6. The highest BCUT2D eigenvalue weighted by molar-refractivity contribution is 7.93. The molecule has 0 amide bonds. The Hall–Kier alpha value is -2.19. The first-order valence-corrected chi connectivity index (χ1v) is 8.18. The maximum Gasteiger partial charge on any atom is 0.263 e. The average Bonchev–Trinajstić information content (AvgIpc) is 2.79. The van der Waals surface area contributed by atoms with Crippen LogP contribution in [0.5, 0.6) is 0 Å². The van der Waals surface area contributed by atoms with Gasteiger partial charge in [0.15, 0.2) is 5.13 Å². The molecular formula is C13H10FN3O2S2. The maximum absolute atomic E-state index is 13.1. The highest BCUT2D eigenvalue weighted by atomic mass is 32.2. The number of aromatic nitrogens is 1. The third-order valence-electron chi connectivity index (χ3n) is 2.74. The third kappa shape index (κ3) is 2.81. The number of halogens is 1. The monoisotopic (exact) mass is 323 g/mol. The lowest BCUT2D eigenvalue weighted by Crippen LogP contribution is -2.12. The number of nitrogens with one attached hydrogen (secondary N) is 1. The first-order chi connectivity index (χ1) is 9.94. The van der Waals surface area contributed by atoms with Gasteiger partial charge in [0.25, 0.3) is 10.0 Å². The average molecular weight is 323 g/mol. The van der Waals surface area contributed by atoms with Crippen molar-refractivity contribution in [2.24, 2.45) is 0 Å². The van der Waals surface area contributed by atoms with Crippen LogP contribution in [-0.2, 0) is 10.0 Å². The number of hydrogen-bond acceptors (Lipinski definition) is 5. The quantitative estimate of drug-likeness (QED) is 0.726. The van der Waals surface area contributed by atoms with Gasteiger partial charge in [0, 0.05) is 5.69 Å². The molecular weight excluding hydrogens is 313 g/mol. The van der Waals surface area contributed by atoms with Gasteiger partial charge in [-0.3, -0.25) is 4.72 Å². The minimum Gasteiger partial charge on any atom is -0.399 e. The van der Waals surface area contributed by atoms with Crippen LogP contribution in [0.4, 0.5) is 15.2 Å². The molecule has 1 aromatic heterocycles. The second-order valence-corrected chi connectivity index (χ2v) is 7.02. The van der Waals surface area contributed by atoms with Crippen LogP contribution in [0.1, 0.15) is 0 Å². The molecule has 0 aliphatic carbocycles. The summed E-state index contributed by atoms with van der Waals surface area (Å²) in [5.74, 6) is -0.616. The molecule has 0 saturated heterocycles. The summed E-state index contributed by atoms with van der Waals surface area (Å²) in [6.07, 6.45) is 0. The summed E-state index contributed by atoms with van der Waals surface area (Å²) in [6.45, 7) is 0. The van der Waals surface area contributed by atoms with Crippen LogP contribution in [0.2, 0.25) is 0 Å². The van der Waals surface area contributed by atoms with Gasteiger partial charge in [-0.1, -0.05) is 17.4 Å². The minimum absolute atomic E-state index is 0.152. The topological polar surface area (TPSA) is 85.1 Å². The van der Waals surface area contributed by atoms with E-state index in [0.29, 0.717) is 11.2 Å². The van der Waals surface area contributed by atoms with Crippen LogP contribution in [0, 0.1) is 5.82 Å². The van der Waals surface area contributed by atoms with E-state index >= 15 is 0 Å². The molecule has 3 rings (SSSR count). The molecule has 3 N–H and O–H groups in total. The molecule has 0 radical (unpaired) electrons. The summed E-state index contributed by atoms with van der Waals surface area (Å²) >= 11 is 1.16. The number of rotatable bonds is 3. The van der Waals surface area contributed by atoms with Gasteiger partial charge in [-0.2, -0.15) is 0 Å². The lowest BCUT2D eigenvalue weighted by molar-refractivity contribution is 0.595. The smallest absolute Gasteiger partial charge is 0.263 e. The zero-order valence-corrected chi connectivity index (χ0v) is 12.2. The first kappa shape index (κ1) is 13.8. The lowest BCUT2D eigenvalue weighted by atomic mass is 10.3. The molecule has 0 unspecified atom stereocenters. The normalized spacial score (nSPS) is 11.7. The molecule has 21 heavy (non-hydrogen) atoms. The highest BCUT2D eigenvalue weighted by Crippen LogP contribution is 2.29. The lowest BCUT2D eigenvalue weighted by Gasteiger charge is -2.04. The molecule has 0 aliphatic heterocycles. The number of nitrogens with zero attached hydrogens (tertiary/aromatic N) is 1. The summed E-state index contributed by atoms with van der Waals surface area (Å²) in [6, 6.07) is 9.90. The number of nitrogens with two attached hydrogens (primary N) is 1. The van der Waals surface area contributed by atoms with E-state index in [1.54, 1.807) is 18.2 Å². The molecule has 0 aliphatic rings. The molecule has 2 aromatic carbocycles. The van der Waals surface area contributed by atoms with Crippen molar-refractivity contribution in [2.75, 3.05) is 10.5 Å². The van der Waals surface area contributed by atoms with Crippen molar-refractivity contribution in [2.45, 2.75) is 4.90 Å². The Balaban J connectivity index is 1.97. The number of thiazole rings is 1. The summed E-state index contributed by atoms with van der Waals surface area (Å²) < 4.78 is 40.6. The maximum atomic E-state index is 13.1. The van der Waals surface area contributed by atoms with Crippen molar-refractivity contribution in [3.8, 4) is 0 Å². The molecule has 0 bridgehead atoms. The van der Waals surface area contributed by atoms with E-state index in [2.05, 4.69) is 9.71 Å². The fraction of sp³-hybridized carbons (Fsp3) is 0. The fourth-order valence-corrected chi connectivity index (χ4v) is 3.97. The largest absolute Gasteiger partial charge is 0.399 e. The Morgan fingerprint density at radius 3 is 2.76 bits per heavy atom. The predicted octanol–water partition coefficient (Wildman–Crippen LogP) is 2.82. The van der Waals surface area contributed by atoms with Crippen molar-refractivity contribution in [1.29, 1.82) is 0 Å². The molecule has 108 valence electrons. The van der Waals surface area contributed by atoms with Crippen LogP contribution in [0.15, 0.2) is 47.4 Å². The van der Waals surface area contributed by atoms with Crippen LogP contribution in [0.3, 0.4) is 0 Å². The fourth-order valence-electron chi connectivity index (χ4n) is 1.79. The Kier molecular flexibility index (Phi) is 3.26. The van der Waals surface area contributed by atoms with Crippen LogP contribution < -0.4 is 10.5 Å². The summed E-state index contributed by atoms with van der Waals surface area (Å²) in [7, 11) is -3.87. The van der Waals surface area contributed by atoms with Gasteiger partial charge in [0.1, 0.15) is 5.82 Å². The van der Waals surface area contributed by atoms with Gasteiger partial charge < -0.3 is 5.73 Å². The van der Waals surface area contributed by atoms with E-state index in [4.69, 9.17) is 5.73 Å². The van der Waals surface area contributed by atoms with Crippen LogP contribution >= 0.6 is 11.3 Å². The van der Waals surface area contributed by atoms with Gasteiger partial charge in [-0.05, 0) is 36.4 Å². The van der Waals surface area contributed by atoms with E-state index in [1.165, 1.54) is 18.2 Å². The molecule has 3 aromatic rings. The molecule has 1 heterocycles. The number of nitrogen functional groups attached to an aromatic ring is 1. The molecule has 8 heteroatoms. The van der Waals surface area contributed by atoms with Gasteiger partial charge in [-0.15, -0.1) is 0 Å². The Morgan fingerprint density at radius 2 is 2.00 bits per heavy atom. The summed E-state index contributed by atoms with van der Waals surface area (Å²) in [5, 5.41) is 0.208. The number of anilines is 2. The summed E-state index contributed by atoms with van der Waals surface area (Å²) in [4.78, 5) is 4.01. The molecule has 0 spiro atoms. The Morgan fingerprint density at radius 1 is 1.19 bits per heavy atom. The van der Waals surface area contributed by atoms with Gasteiger partial charge in [0.2, 0.25) is 0 Å². The first-order valence-electron chi connectivity index (χ1n) is 5.88. The van der Waals surface area contributed by atoms with Crippen molar-refractivity contribution in [3.63, 3.8) is 0 Å². The van der Waals surface area contributed by atoms with E-state index in [9.17, 15) is 12.8 Å². The van der Waals surface area contributed by atoms with Gasteiger partial charge in [-0.25, -0.2) is 17.8 Å². The number of fused-ring (bicyclic) bond motifs is 1. The van der Waals surface area contributed by atoms with Crippen molar-refractivity contribution >= 4 is 42.4 Å². The molecule has 0 atom stereocenters. The van der Waals surface area contributed by atoms with Crippen molar-refractivity contribution in [1.82, 2.24) is 4.98 Å². The Labute approximate surface area is 124 Å². The molecule has 0 fully saturated rings. The van der Waals surface area contributed by atoms with E-state index in [1.807, 2.05) is 0 Å². The Bertz CT molecular complexity index is 922. The third-order valence-corrected chi connectivity index (χ3v) is 5.14. The zero-order chi connectivity index (χ0) is 15.0. The minimum atomic E-state index is -3.87. The van der Waals surface area contributed by atoms with Gasteiger partial charge in [0.05, 0.1) is 15.1 Å². The number of benzene rings is 2. The highest BCUT2D eigenvalue weighted by Gasteiger charge is 2.17. The SMILES string of the molecule is Nc1ccc2nc(NS(=O)(=O)c3cccc(F)c3)sc2c1. The molecule has 0 saturated carbocycles. The second kappa shape index (κ2) is 4.97. The van der Waals surface area contributed by atoms with E-state index in [-0.39, 0.29) is 10.0 Å². The van der Waals surface area contributed by atoms with Crippen LogP contribution in [-0.4, -0.2) is 13.4 Å². The van der Waals surface area contributed by atoms with Gasteiger partial charge >= 0.3 is 0 Å². The second-order valence-electron chi connectivity index (χ2n) is 4.31. The van der Waals surface area contributed by atoms with Crippen LogP contribution in [0.25, 0.3) is 10.2 Å². The standard InChI is InChI=1S/C13H10FN3O2S2/c14-8-2-1-3-10(6-8)21(18,19)17-13-16-11-5-4-9(15)7-12(11)20-13/h1-7H,15H2,(H,16,17). The van der Waals surface area contributed by atoms with Crippen molar-refractivity contribution in [3.05, 3.63) is 48.3 Å². The van der Waals surface area contributed by atoms with Crippen molar-refractivity contribution < 1.29 is 12.8 Å². The number of sulfonamides is 1. The molecule has 5 nitrogen and oxygen atoms in total. The van der Waals surface area contributed by atoms with E-state index < -0.39 is 15.8 Å².